The minimum atomic E-state index is 0.670. The van der Waals surface area contributed by atoms with E-state index in [0.717, 1.165) is 50.0 Å². The van der Waals surface area contributed by atoms with E-state index in [4.69, 9.17) is 14.4 Å². The molecule has 0 aliphatic heterocycles. The van der Waals surface area contributed by atoms with Gasteiger partial charge in [0, 0.05) is 16.5 Å². The van der Waals surface area contributed by atoms with Gasteiger partial charge in [-0.15, -0.1) is 0 Å². The number of fused-ring (bicyclic) bond motifs is 9. The van der Waals surface area contributed by atoms with Gasteiger partial charge in [0.1, 0.15) is 16.8 Å². The van der Waals surface area contributed by atoms with Gasteiger partial charge in [-0.05, 0) is 83.9 Å². The lowest BCUT2D eigenvalue weighted by molar-refractivity contribution is 0.667. The monoisotopic (exact) mass is 700 g/mol. The maximum absolute atomic E-state index is 6.58. The Bertz CT molecular complexity index is 3190. The van der Waals surface area contributed by atoms with Crippen LogP contribution in [0.2, 0.25) is 0 Å². The van der Waals surface area contributed by atoms with Gasteiger partial charge in [-0.1, -0.05) is 176 Å². The fourth-order valence-electron chi connectivity index (χ4n) is 8.13. The molecule has 2 aromatic heterocycles. The summed E-state index contributed by atoms with van der Waals surface area (Å²) >= 11 is 0. The Morgan fingerprint density at radius 2 is 0.709 bits per heavy atom. The van der Waals surface area contributed by atoms with Crippen molar-refractivity contribution in [2.75, 3.05) is 0 Å². The predicted molar refractivity (Wildman–Crippen MR) is 229 cm³/mol. The van der Waals surface area contributed by atoms with Crippen LogP contribution in [0.4, 0.5) is 0 Å². The van der Waals surface area contributed by atoms with Crippen molar-refractivity contribution in [1.29, 1.82) is 0 Å². The molecular weight excluding hydrogens is 669 g/mol. The minimum absolute atomic E-state index is 0.670. The highest BCUT2D eigenvalue weighted by molar-refractivity contribution is 6.25. The van der Waals surface area contributed by atoms with Crippen LogP contribution in [0.5, 0.6) is 0 Å². The van der Waals surface area contributed by atoms with Crippen LogP contribution < -0.4 is 0 Å². The quantitative estimate of drug-likeness (QED) is 0.168. The molecule has 11 rings (SSSR count). The SMILES string of the molecule is c1ccc(-c2ccc(-c3nc(-c4ccccc4)nc4c3oc3ccc(-c5ccc(-c6ccc7c8ccccc8c8ccccc8c7c6)cc5)cc34)cc2)cc1. The molecule has 0 N–H and O–H groups in total. The molecular formula is C52H32N2O. The van der Waals surface area contributed by atoms with Crippen LogP contribution in [0.25, 0.3) is 110 Å². The maximum atomic E-state index is 6.58. The first-order valence-corrected chi connectivity index (χ1v) is 18.6. The summed E-state index contributed by atoms with van der Waals surface area (Å²) in [6.45, 7) is 0. The second-order valence-corrected chi connectivity index (χ2v) is 14.1. The van der Waals surface area contributed by atoms with Crippen LogP contribution in [0.15, 0.2) is 199 Å². The molecule has 0 atom stereocenters. The highest BCUT2D eigenvalue weighted by atomic mass is 16.3. The number of aromatic nitrogens is 2. The highest BCUT2D eigenvalue weighted by Crippen LogP contribution is 2.40. The number of rotatable bonds is 5. The molecule has 256 valence electrons. The molecule has 0 bridgehead atoms. The Morgan fingerprint density at radius 3 is 1.31 bits per heavy atom. The fraction of sp³-hybridized carbons (Fsp3) is 0. The standard InChI is InChI=1S/C52H32N2O/c1-3-11-33(12-4-1)34-23-25-37(26-24-34)49-51-50(54-52(53-49)38-13-5-2-6-14-38)47-32-40(28-30-48(47)55-51)36-21-19-35(20-22-36)39-27-29-45-43-17-8-7-15-41(43)42-16-9-10-18-44(42)46(45)31-39/h1-32H. The lowest BCUT2D eigenvalue weighted by Crippen LogP contribution is -1.93. The molecule has 0 saturated heterocycles. The minimum Gasteiger partial charge on any atom is -0.452 e. The zero-order chi connectivity index (χ0) is 36.3. The third-order valence-electron chi connectivity index (χ3n) is 10.9. The topological polar surface area (TPSA) is 38.9 Å². The fourth-order valence-corrected chi connectivity index (χ4v) is 8.13. The Morgan fingerprint density at radius 1 is 0.291 bits per heavy atom. The van der Waals surface area contributed by atoms with Gasteiger partial charge in [-0.25, -0.2) is 9.97 Å². The summed E-state index contributed by atoms with van der Waals surface area (Å²) in [5, 5.41) is 8.66. The average Bonchev–Trinajstić information content (AvgIpc) is 3.65. The van der Waals surface area contributed by atoms with Crippen molar-refractivity contribution in [2.45, 2.75) is 0 Å². The molecule has 9 aromatic carbocycles. The molecule has 0 radical (unpaired) electrons. The van der Waals surface area contributed by atoms with Crippen molar-refractivity contribution >= 4 is 54.4 Å². The molecule has 3 heteroatoms. The van der Waals surface area contributed by atoms with Crippen molar-refractivity contribution in [3.8, 4) is 56.0 Å². The van der Waals surface area contributed by atoms with E-state index in [9.17, 15) is 0 Å². The second-order valence-electron chi connectivity index (χ2n) is 14.1. The summed E-state index contributed by atoms with van der Waals surface area (Å²) < 4.78 is 6.58. The van der Waals surface area contributed by atoms with Crippen LogP contribution >= 0.6 is 0 Å². The van der Waals surface area contributed by atoms with Gasteiger partial charge >= 0.3 is 0 Å². The molecule has 0 unspecified atom stereocenters. The summed E-state index contributed by atoms with van der Waals surface area (Å²) in [4.78, 5) is 10.2. The van der Waals surface area contributed by atoms with Crippen LogP contribution in [0.1, 0.15) is 0 Å². The molecule has 55 heavy (non-hydrogen) atoms. The van der Waals surface area contributed by atoms with Crippen LogP contribution in [0, 0.1) is 0 Å². The van der Waals surface area contributed by atoms with Crippen LogP contribution in [-0.4, -0.2) is 9.97 Å². The Hall–Kier alpha value is -7.36. The van der Waals surface area contributed by atoms with Crippen LogP contribution in [-0.2, 0) is 0 Å². The smallest absolute Gasteiger partial charge is 0.180 e. The molecule has 0 aliphatic rings. The largest absolute Gasteiger partial charge is 0.452 e. The second kappa shape index (κ2) is 12.6. The van der Waals surface area contributed by atoms with Crippen molar-refractivity contribution in [2.24, 2.45) is 0 Å². The number of nitrogens with zero attached hydrogens (tertiary/aromatic N) is 2. The third-order valence-corrected chi connectivity index (χ3v) is 10.9. The van der Waals surface area contributed by atoms with E-state index in [2.05, 4.69) is 170 Å². The van der Waals surface area contributed by atoms with E-state index in [1.54, 1.807) is 0 Å². The molecule has 2 heterocycles. The van der Waals surface area contributed by atoms with Crippen molar-refractivity contribution in [1.82, 2.24) is 9.97 Å². The summed E-state index contributed by atoms with van der Waals surface area (Å²) in [5.74, 6) is 0.670. The number of hydrogen-bond acceptors (Lipinski definition) is 3. The predicted octanol–water partition coefficient (Wildman–Crippen LogP) is 14.2. The number of hydrogen-bond donors (Lipinski definition) is 0. The molecule has 0 saturated carbocycles. The van der Waals surface area contributed by atoms with Gasteiger partial charge in [0.2, 0.25) is 0 Å². The Kier molecular flexibility index (Phi) is 7.17. The van der Waals surface area contributed by atoms with Gasteiger partial charge < -0.3 is 4.42 Å². The molecule has 0 spiro atoms. The van der Waals surface area contributed by atoms with Crippen molar-refractivity contribution in [3.63, 3.8) is 0 Å². The van der Waals surface area contributed by atoms with Crippen LogP contribution in [0.3, 0.4) is 0 Å². The van der Waals surface area contributed by atoms with Gasteiger partial charge in [0.25, 0.3) is 0 Å². The molecule has 11 aromatic rings. The average molecular weight is 701 g/mol. The zero-order valence-corrected chi connectivity index (χ0v) is 29.8. The van der Waals surface area contributed by atoms with Gasteiger partial charge in [0.05, 0.1) is 0 Å². The highest BCUT2D eigenvalue weighted by Gasteiger charge is 2.19. The maximum Gasteiger partial charge on any atom is 0.180 e. The Labute approximate surface area is 317 Å². The number of furan rings is 1. The lowest BCUT2D eigenvalue weighted by Gasteiger charge is -2.12. The number of benzene rings is 9. The normalized spacial score (nSPS) is 11.6. The van der Waals surface area contributed by atoms with Gasteiger partial charge in [-0.3, -0.25) is 0 Å². The van der Waals surface area contributed by atoms with Crippen molar-refractivity contribution in [3.05, 3.63) is 194 Å². The first-order valence-electron chi connectivity index (χ1n) is 18.6. The van der Waals surface area contributed by atoms with Crippen molar-refractivity contribution < 1.29 is 4.42 Å². The summed E-state index contributed by atoms with van der Waals surface area (Å²) in [6, 6.07) is 68.7. The summed E-state index contributed by atoms with van der Waals surface area (Å²) in [7, 11) is 0. The Balaban J connectivity index is 0.999. The van der Waals surface area contributed by atoms with E-state index in [0.29, 0.717) is 11.4 Å². The third kappa shape index (κ3) is 5.28. The van der Waals surface area contributed by atoms with E-state index in [-0.39, 0.29) is 0 Å². The summed E-state index contributed by atoms with van der Waals surface area (Å²) in [6.07, 6.45) is 0. The lowest BCUT2D eigenvalue weighted by atomic mass is 9.92. The summed E-state index contributed by atoms with van der Waals surface area (Å²) in [5.41, 5.74) is 11.9. The van der Waals surface area contributed by atoms with Gasteiger partial charge in [0.15, 0.2) is 11.4 Å². The van der Waals surface area contributed by atoms with Gasteiger partial charge in [-0.2, -0.15) is 0 Å². The molecule has 3 nitrogen and oxygen atoms in total. The van der Waals surface area contributed by atoms with E-state index >= 15 is 0 Å². The zero-order valence-electron chi connectivity index (χ0n) is 29.8. The first kappa shape index (κ1) is 31.2. The van der Waals surface area contributed by atoms with E-state index in [1.165, 1.54) is 49.0 Å². The van der Waals surface area contributed by atoms with E-state index < -0.39 is 0 Å². The molecule has 0 amide bonds. The molecule has 0 aliphatic carbocycles. The first-order chi connectivity index (χ1) is 27.2. The van der Waals surface area contributed by atoms with E-state index in [1.807, 2.05) is 24.3 Å². The molecule has 0 fully saturated rings.